The highest BCUT2D eigenvalue weighted by Gasteiger charge is 1.95. The van der Waals surface area contributed by atoms with Gasteiger partial charge in [-0.1, -0.05) is 19.8 Å². The van der Waals surface area contributed by atoms with Crippen LogP contribution in [0.1, 0.15) is 26.2 Å². The molecule has 0 aliphatic carbocycles. The number of nitrogens with two attached hydrogens (primary N) is 1. The SMILES string of the molecule is CCCCCOCC(=O)NN. The lowest BCUT2D eigenvalue weighted by Gasteiger charge is -2.01. The third-order valence-corrected chi connectivity index (χ3v) is 1.29. The molecule has 0 atom stereocenters. The second-order valence-corrected chi connectivity index (χ2v) is 2.33. The fourth-order valence-electron chi connectivity index (χ4n) is 0.661. The molecule has 0 saturated heterocycles. The van der Waals surface area contributed by atoms with E-state index in [1.807, 2.05) is 5.43 Å². The van der Waals surface area contributed by atoms with Crippen molar-refractivity contribution in [3.8, 4) is 0 Å². The minimum atomic E-state index is -0.276. The third-order valence-electron chi connectivity index (χ3n) is 1.29. The maximum Gasteiger partial charge on any atom is 0.259 e. The van der Waals surface area contributed by atoms with Crippen molar-refractivity contribution in [3.63, 3.8) is 0 Å². The van der Waals surface area contributed by atoms with E-state index in [0.717, 1.165) is 19.3 Å². The van der Waals surface area contributed by atoms with Gasteiger partial charge >= 0.3 is 0 Å². The second kappa shape index (κ2) is 7.50. The first-order chi connectivity index (χ1) is 5.31. The third kappa shape index (κ3) is 7.29. The molecule has 0 spiro atoms. The highest BCUT2D eigenvalue weighted by molar-refractivity contribution is 5.76. The molecule has 0 saturated carbocycles. The molecule has 3 N–H and O–H groups in total. The van der Waals surface area contributed by atoms with Gasteiger partial charge in [-0.05, 0) is 6.42 Å². The second-order valence-electron chi connectivity index (χ2n) is 2.33. The van der Waals surface area contributed by atoms with Gasteiger partial charge in [0.15, 0.2) is 0 Å². The van der Waals surface area contributed by atoms with Gasteiger partial charge in [-0.15, -0.1) is 0 Å². The zero-order chi connectivity index (χ0) is 8.53. The van der Waals surface area contributed by atoms with Crippen LogP contribution in [0.5, 0.6) is 0 Å². The highest BCUT2D eigenvalue weighted by Crippen LogP contribution is 1.93. The number of rotatable bonds is 6. The maximum atomic E-state index is 10.5. The number of amides is 1. The zero-order valence-corrected chi connectivity index (χ0v) is 6.93. The molecule has 0 radical (unpaired) electrons. The van der Waals surface area contributed by atoms with Gasteiger partial charge in [-0.3, -0.25) is 10.2 Å². The molecule has 1 amide bonds. The summed E-state index contributed by atoms with van der Waals surface area (Å²) >= 11 is 0. The maximum absolute atomic E-state index is 10.5. The molecule has 0 heterocycles. The number of carbonyl (C=O) groups is 1. The van der Waals surface area contributed by atoms with Gasteiger partial charge in [0.25, 0.3) is 5.91 Å². The molecule has 0 aliphatic rings. The van der Waals surface area contributed by atoms with Crippen molar-refractivity contribution in [2.75, 3.05) is 13.2 Å². The van der Waals surface area contributed by atoms with Crippen LogP contribution in [-0.2, 0) is 9.53 Å². The Bertz CT molecular complexity index is 107. The molecule has 0 fully saturated rings. The van der Waals surface area contributed by atoms with Gasteiger partial charge < -0.3 is 4.74 Å². The van der Waals surface area contributed by atoms with E-state index in [1.54, 1.807) is 0 Å². The lowest BCUT2D eigenvalue weighted by Crippen LogP contribution is -2.33. The van der Waals surface area contributed by atoms with E-state index in [0.29, 0.717) is 6.61 Å². The summed E-state index contributed by atoms with van der Waals surface area (Å²) in [5.41, 5.74) is 1.99. The summed E-state index contributed by atoms with van der Waals surface area (Å²) in [6, 6.07) is 0. The van der Waals surface area contributed by atoms with Gasteiger partial charge in [0.1, 0.15) is 6.61 Å². The van der Waals surface area contributed by atoms with E-state index in [-0.39, 0.29) is 12.5 Å². The van der Waals surface area contributed by atoms with Crippen LogP contribution in [-0.4, -0.2) is 19.1 Å². The average Bonchev–Trinajstić information content (AvgIpc) is 2.04. The Morgan fingerprint density at radius 3 is 2.82 bits per heavy atom. The summed E-state index contributed by atoms with van der Waals surface area (Å²) < 4.78 is 5.00. The number of unbranched alkanes of at least 4 members (excludes halogenated alkanes) is 2. The van der Waals surface area contributed by atoms with Crippen LogP contribution in [0.2, 0.25) is 0 Å². The molecule has 0 aromatic carbocycles. The lowest BCUT2D eigenvalue weighted by atomic mass is 10.3. The van der Waals surface area contributed by atoms with E-state index in [9.17, 15) is 4.79 Å². The Morgan fingerprint density at radius 2 is 2.27 bits per heavy atom. The van der Waals surface area contributed by atoms with Crippen LogP contribution < -0.4 is 11.3 Å². The number of hydrazine groups is 1. The van der Waals surface area contributed by atoms with Crippen molar-refractivity contribution in [1.29, 1.82) is 0 Å². The first-order valence-electron chi connectivity index (χ1n) is 3.88. The van der Waals surface area contributed by atoms with Crippen LogP contribution in [0.4, 0.5) is 0 Å². The Balaban J connectivity index is 2.95. The van der Waals surface area contributed by atoms with Crippen LogP contribution in [0, 0.1) is 0 Å². The van der Waals surface area contributed by atoms with Gasteiger partial charge in [-0.2, -0.15) is 0 Å². The van der Waals surface area contributed by atoms with Crippen LogP contribution in [0.25, 0.3) is 0 Å². The molecular formula is C7H16N2O2. The van der Waals surface area contributed by atoms with E-state index in [4.69, 9.17) is 10.6 Å². The molecule has 11 heavy (non-hydrogen) atoms. The molecule has 66 valence electrons. The largest absolute Gasteiger partial charge is 0.372 e. The van der Waals surface area contributed by atoms with E-state index >= 15 is 0 Å². The molecule has 4 nitrogen and oxygen atoms in total. The summed E-state index contributed by atoms with van der Waals surface area (Å²) in [7, 11) is 0. The summed E-state index contributed by atoms with van der Waals surface area (Å²) in [6.07, 6.45) is 3.31. The first kappa shape index (κ1) is 10.4. The smallest absolute Gasteiger partial charge is 0.259 e. The van der Waals surface area contributed by atoms with Crippen molar-refractivity contribution in [2.24, 2.45) is 5.84 Å². The predicted molar refractivity (Wildman–Crippen MR) is 42.7 cm³/mol. The Morgan fingerprint density at radius 1 is 1.55 bits per heavy atom. The van der Waals surface area contributed by atoms with E-state index in [2.05, 4.69) is 6.92 Å². The van der Waals surface area contributed by atoms with E-state index < -0.39 is 0 Å². The summed E-state index contributed by atoms with van der Waals surface area (Å²) in [5.74, 6) is 4.56. The topological polar surface area (TPSA) is 64.3 Å². The molecule has 0 rings (SSSR count). The van der Waals surface area contributed by atoms with Gasteiger partial charge in [0.2, 0.25) is 0 Å². The molecular weight excluding hydrogens is 144 g/mol. The molecule has 0 bridgehead atoms. The Kier molecular flexibility index (Phi) is 7.08. The molecule has 0 aromatic heterocycles. The summed E-state index contributed by atoms with van der Waals surface area (Å²) in [4.78, 5) is 10.5. The normalized spacial score (nSPS) is 9.64. The number of hydrogen-bond acceptors (Lipinski definition) is 3. The van der Waals surface area contributed by atoms with Crippen LogP contribution in [0.15, 0.2) is 0 Å². The average molecular weight is 160 g/mol. The van der Waals surface area contributed by atoms with E-state index in [1.165, 1.54) is 0 Å². The highest BCUT2D eigenvalue weighted by atomic mass is 16.5. The quantitative estimate of drug-likeness (QED) is 0.252. The zero-order valence-electron chi connectivity index (χ0n) is 6.93. The Labute approximate surface area is 67.1 Å². The predicted octanol–water partition coefficient (Wildman–Crippen LogP) is 0.183. The van der Waals surface area contributed by atoms with Gasteiger partial charge in [0.05, 0.1) is 0 Å². The monoisotopic (exact) mass is 160 g/mol. The minimum absolute atomic E-state index is 0.0697. The van der Waals surface area contributed by atoms with Crippen molar-refractivity contribution in [3.05, 3.63) is 0 Å². The molecule has 0 aromatic rings. The summed E-state index contributed by atoms with van der Waals surface area (Å²) in [6.45, 7) is 2.83. The number of ether oxygens (including phenoxy) is 1. The van der Waals surface area contributed by atoms with Crippen molar-refractivity contribution >= 4 is 5.91 Å². The molecule has 4 heteroatoms. The Hall–Kier alpha value is -0.610. The number of carbonyl (C=O) groups excluding carboxylic acids is 1. The standard InChI is InChI=1S/C7H16N2O2/c1-2-3-4-5-11-6-7(10)9-8/h2-6,8H2,1H3,(H,9,10). The number of nitrogens with one attached hydrogen (secondary N) is 1. The molecule has 0 unspecified atom stereocenters. The minimum Gasteiger partial charge on any atom is -0.372 e. The van der Waals surface area contributed by atoms with Gasteiger partial charge in [-0.25, -0.2) is 5.84 Å². The molecule has 0 aliphatic heterocycles. The van der Waals surface area contributed by atoms with Crippen molar-refractivity contribution in [2.45, 2.75) is 26.2 Å². The van der Waals surface area contributed by atoms with Crippen molar-refractivity contribution in [1.82, 2.24) is 5.43 Å². The lowest BCUT2D eigenvalue weighted by molar-refractivity contribution is -0.125. The number of hydrogen-bond donors (Lipinski definition) is 2. The van der Waals surface area contributed by atoms with Crippen molar-refractivity contribution < 1.29 is 9.53 Å². The fourth-order valence-corrected chi connectivity index (χ4v) is 0.661. The fraction of sp³-hybridized carbons (Fsp3) is 0.857. The summed E-state index contributed by atoms with van der Waals surface area (Å²) in [5, 5.41) is 0. The van der Waals surface area contributed by atoms with Gasteiger partial charge in [0, 0.05) is 6.61 Å². The van der Waals surface area contributed by atoms with Crippen LogP contribution >= 0.6 is 0 Å². The first-order valence-corrected chi connectivity index (χ1v) is 3.88. The van der Waals surface area contributed by atoms with Crippen LogP contribution in [0.3, 0.4) is 0 Å².